The van der Waals surface area contributed by atoms with E-state index in [0.29, 0.717) is 12.0 Å². The van der Waals surface area contributed by atoms with Crippen molar-refractivity contribution in [2.75, 3.05) is 24.5 Å². The minimum atomic E-state index is -0.132. The van der Waals surface area contributed by atoms with Crippen LogP contribution in [0.3, 0.4) is 0 Å². The zero-order valence-corrected chi connectivity index (χ0v) is 11.5. The Morgan fingerprint density at radius 3 is 2.89 bits per heavy atom. The first-order valence-corrected chi connectivity index (χ1v) is 6.89. The van der Waals surface area contributed by atoms with Crippen LogP contribution < -0.4 is 10.2 Å². The lowest BCUT2D eigenvalue weighted by Crippen LogP contribution is -2.40. The lowest BCUT2D eigenvalue weighted by molar-refractivity contribution is 0.430. The summed E-state index contributed by atoms with van der Waals surface area (Å²) < 4.78 is 13.4. The largest absolute Gasteiger partial charge is 0.368 e. The molecule has 0 saturated heterocycles. The minimum Gasteiger partial charge on any atom is -0.368 e. The summed E-state index contributed by atoms with van der Waals surface area (Å²) in [5.41, 5.74) is 2.37. The van der Waals surface area contributed by atoms with Crippen molar-refractivity contribution in [3.8, 4) is 0 Å². The second-order valence-corrected chi connectivity index (χ2v) is 5.24. The van der Waals surface area contributed by atoms with Gasteiger partial charge in [0.25, 0.3) is 0 Å². The highest BCUT2D eigenvalue weighted by molar-refractivity contribution is 5.58. The van der Waals surface area contributed by atoms with Gasteiger partial charge in [0, 0.05) is 18.3 Å². The topological polar surface area (TPSA) is 15.3 Å². The molecule has 0 fully saturated rings. The van der Waals surface area contributed by atoms with Crippen LogP contribution in [0.5, 0.6) is 0 Å². The molecule has 2 rings (SSSR count). The summed E-state index contributed by atoms with van der Waals surface area (Å²) in [6.07, 6.45) is 1.04. The van der Waals surface area contributed by atoms with E-state index in [0.717, 1.165) is 31.7 Å². The van der Waals surface area contributed by atoms with Gasteiger partial charge < -0.3 is 10.2 Å². The van der Waals surface area contributed by atoms with Crippen molar-refractivity contribution in [3.63, 3.8) is 0 Å². The van der Waals surface area contributed by atoms with Gasteiger partial charge in [-0.3, -0.25) is 0 Å². The van der Waals surface area contributed by atoms with Gasteiger partial charge in [-0.1, -0.05) is 19.9 Å². The highest BCUT2D eigenvalue weighted by Gasteiger charge is 2.26. The van der Waals surface area contributed by atoms with Gasteiger partial charge in [0.15, 0.2) is 0 Å². The molecule has 0 bridgehead atoms. The maximum atomic E-state index is 13.4. The Kier molecular flexibility index (Phi) is 4.23. The number of nitrogens with zero attached hydrogens (tertiary/aromatic N) is 1. The van der Waals surface area contributed by atoms with Crippen molar-refractivity contribution < 1.29 is 4.39 Å². The van der Waals surface area contributed by atoms with Crippen LogP contribution in [-0.2, 0) is 6.42 Å². The third-order valence-electron chi connectivity index (χ3n) is 4.01. The SMILES string of the molecule is CCNCC(C)C(C)N1CCc2ccc(F)cc21. The van der Waals surface area contributed by atoms with Crippen LogP contribution in [0.1, 0.15) is 26.3 Å². The summed E-state index contributed by atoms with van der Waals surface area (Å²) in [6, 6.07) is 5.60. The number of hydrogen-bond donors (Lipinski definition) is 1. The maximum Gasteiger partial charge on any atom is 0.125 e. The van der Waals surface area contributed by atoms with E-state index in [9.17, 15) is 4.39 Å². The van der Waals surface area contributed by atoms with Gasteiger partial charge in [0.2, 0.25) is 0 Å². The Hall–Kier alpha value is -1.09. The van der Waals surface area contributed by atoms with Crippen LogP contribution in [0.4, 0.5) is 10.1 Å². The van der Waals surface area contributed by atoms with E-state index >= 15 is 0 Å². The highest BCUT2D eigenvalue weighted by atomic mass is 19.1. The summed E-state index contributed by atoms with van der Waals surface area (Å²) in [6.45, 7) is 9.64. The number of halogens is 1. The fraction of sp³-hybridized carbons (Fsp3) is 0.600. The molecule has 1 heterocycles. The van der Waals surface area contributed by atoms with Crippen molar-refractivity contribution in [3.05, 3.63) is 29.6 Å². The fourth-order valence-electron chi connectivity index (χ4n) is 2.65. The molecule has 0 radical (unpaired) electrons. The zero-order chi connectivity index (χ0) is 13.1. The molecule has 0 aromatic heterocycles. The van der Waals surface area contributed by atoms with Crippen molar-refractivity contribution >= 4 is 5.69 Å². The summed E-state index contributed by atoms with van der Waals surface area (Å²) in [5, 5.41) is 3.39. The van der Waals surface area contributed by atoms with E-state index in [2.05, 4.69) is 31.0 Å². The van der Waals surface area contributed by atoms with Gasteiger partial charge in [-0.25, -0.2) is 4.39 Å². The van der Waals surface area contributed by atoms with E-state index in [1.807, 2.05) is 6.07 Å². The number of anilines is 1. The lowest BCUT2D eigenvalue weighted by Gasteiger charge is -2.32. The van der Waals surface area contributed by atoms with E-state index in [1.54, 1.807) is 12.1 Å². The van der Waals surface area contributed by atoms with E-state index in [-0.39, 0.29) is 5.82 Å². The van der Waals surface area contributed by atoms with Crippen molar-refractivity contribution in [1.82, 2.24) is 5.32 Å². The Labute approximate surface area is 109 Å². The van der Waals surface area contributed by atoms with Crippen LogP contribution in [-0.4, -0.2) is 25.7 Å². The number of rotatable bonds is 5. The molecule has 1 aromatic rings. The van der Waals surface area contributed by atoms with Crippen LogP contribution in [0.15, 0.2) is 18.2 Å². The standard InChI is InChI=1S/C15H23FN2/c1-4-17-10-11(2)12(3)18-8-7-13-5-6-14(16)9-15(13)18/h5-6,9,11-12,17H,4,7-8,10H2,1-3H3. The fourth-order valence-corrected chi connectivity index (χ4v) is 2.65. The molecule has 1 N–H and O–H groups in total. The van der Waals surface area contributed by atoms with E-state index < -0.39 is 0 Å². The Bertz CT molecular complexity index is 405. The summed E-state index contributed by atoms with van der Waals surface area (Å²) >= 11 is 0. The first-order chi connectivity index (χ1) is 8.63. The quantitative estimate of drug-likeness (QED) is 0.864. The van der Waals surface area contributed by atoms with E-state index in [4.69, 9.17) is 0 Å². The van der Waals surface area contributed by atoms with Crippen LogP contribution >= 0.6 is 0 Å². The third kappa shape index (κ3) is 2.66. The van der Waals surface area contributed by atoms with Crippen LogP contribution in [0.2, 0.25) is 0 Å². The first-order valence-electron chi connectivity index (χ1n) is 6.89. The van der Waals surface area contributed by atoms with Gasteiger partial charge in [0.1, 0.15) is 5.82 Å². The average Bonchev–Trinajstić information content (AvgIpc) is 2.77. The number of fused-ring (bicyclic) bond motifs is 1. The van der Waals surface area contributed by atoms with Gasteiger partial charge in [-0.15, -0.1) is 0 Å². The van der Waals surface area contributed by atoms with Crippen LogP contribution in [0.25, 0.3) is 0 Å². The smallest absolute Gasteiger partial charge is 0.125 e. The normalized spacial score (nSPS) is 17.7. The average molecular weight is 250 g/mol. The Morgan fingerprint density at radius 1 is 1.39 bits per heavy atom. The predicted molar refractivity (Wildman–Crippen MR) is 74.6 cm³/mol. The van der Waals surface area contributed by atoms with Crippen LogP contribution in [0, 0.1) is 11.7 Å². The Balaban J connectivity index is 2.10. The molecular formula is C15H23FN2. The van der Waals surface area contributed by atoms with Gasteiger partial charge in [-0.2, -0.15) is 0 Å². The molecule has 0 saturated carbocycles. The molecule has 2 atom stereocenters. The van der Waals surface area contributed by atoms with Crippen molar-refractivity contribution in [1.29, 1.82) is 0 Å². The molecule has 1 aliphatic heterocycles. The second kappa shape index (κ2) is 5.70. The maximum absolute atomic E-state index is 13.4. The monoisotopic (exact) mass is 250 g/mol. The van der Waals surface area contributed by atoms with Crippen molar-refractivity contribution in [2.24, 2.45) is 5.92 Å². The zero-order valence-electron chi connectivity index (χ0n) is 11.5. The second-order valence-electron chi connectivity index (χ2n) is 5.24. The van der Waals surface area contributed by atoms with E-state index in [1.165, 1.54) is 5.56 Å². The molecule has 3 heteroatoms. The number of nitrogens with one attached hydrogen (secondary N) is 1. The summed E-state index contributed by atoms with van der Waals surface area (Å²) in [4.78, 5) is 2.35. The number of hydrogen-bond acceptors (Lipinski definition) is 2. The molecule has 0 spiro atoms. The Morgan fingerprint density at radius 2 is 2.17 bits per heavy atom. The molecule has 2 nitrogen and oxygen atoms in total. The molecule has 1 aliphatic rings. The molecule has 0 amide bonds. The lowest BCUT2D eigenvalue weighted by atomic mass is 10.0. The molecular weight excluding hydrogens is 227 g/mol. The third-order valence-corrected chi connectivity index (χ3v) is 4.01. The first kappa shape index (κ1) is 13.3. The van der Waals surface area contributed by atoms with Gasteiger partial charge in [0.05, 0.1) is 0 Å². The summed E-state index contributed by atoms with van der Waals surface area (Å²) in [7, 11) is 0. The minimum absolute atomic E-state index is 0.132. The predicted octanol–water partition coefficient (Wildman–Crippen LogP) is 2.82. The highest BCUT2D eigenvalue weighted by Crippen LogP contribution is 2.31. The molecule has 0 aliphatic carbocycles. The molecule has 2 unspecified atom stereocenters. The molecule has 18 heavy (non-hydrogen) atoms. The van der Waals surface area contributed by atoms with Crippen molar-refractivity contribution in [2.45, 2.75) is 33.2 Å². The molecule has 1 aromatic carbocycles. The molecule has 100 valence electrons. The van der Waals surface area contributed by atoms with Gasteiger partial charge in [-0.05, 0) is 50.0 Å². The summed E-state index contributed by atoms with van der Waals surface area (Å²) in [5.74, 6) is 0.423. The number of benzene rings is 1. The van der Waals surface area contributed by atoms with Gasteiger partial charge >= 0.3 is 0 Å².